The molecule has 104 valence electrons. The number of nitrogens with zero attached hydrogens (tertiary/aromatic N) is 4. The Hall–Kier alpha value is -3.02. The molecule has 0 aliphatic rings. The summed E-state index contributed by atoms with van der Waals surface area (Å²) in [4.78, 5) is 12.3. The highest BCUT2D eigenvalue weighted by Crippen LogP contribution is 2.11. The number of hydrogen-bond acceptors (Lipinski definition) is 5. The highest BCUT2D eigenvalue weighted by molar-refractivity contribution is 6.45. The number of ketones is 1. The molecule has 6 nitrogen and oxygen atoms in total. The van der Waals surface area contributed by atoms with E-state index in [1.165, 1.54) is 4.68 Å². The molecule has 21 heavy (non-hydrogen) atoms. The second-order valence-electron chi connectivity index (χ2n) is 4.48. The van der Waals surface area contributed by atoms with E-state index < -0.39 is 0 Å². The predicted octanol–water partition coefficient (Wildman–Crippen LogP) is 2.14. The fourth-order valence-electron chi connectivity index (χ4n) is 2.08. The number of fused-ring (bicyclic) bond motifs is 1. The fourth-order valence-corrected chi connectivity index (χ4v) is 2.08. The molecule has 0 saturated carbocycles. The molecule has 3 aromatic rings. The van der Waals surface area contributed by atoms with Crippen LogP contribution in [-0.4, -0.2) is 31.7 Å². The highest BCUT2D eigenvalue weighted by atomic mass is 16.4. The van der Waals surface area contributed by atoms with Crippen molar-refractivity contribution in [3.8, 4) is 0 Å². The molecular formula is C15H12N4O2. The van der Waals surface area contributed by atoms with Crippen molar-refractivity contribution < 1.29 is 10.0 Å². The van der Waals surface area contributed by atoms with Crippen LogP contribution in [0.3, 0.4) is 0 Å². The molecule has 0 aliphatic heterocycles. The summed E-state index contributed by atoms with van der Waals surface area (Å²) in [6.07, 6.45) is 0. The number of benzene rings is 2. The quantitative estimate of drug-likeness (QED) is 0.343. The standard InChI is InChI=1S/C15H12N4O2/c20-15(11-6-2-1-3-7-11)13(17-21)10-19-14-9-5-4-8-12(14)16-18-19/h1-9,21H,10H2. The average molecular weight is 280 g/mol. The van der Waals surface area contributed by atoms with E-state index in [-0.39, 0.29) is 18.0 Å². The van der Waals surface area contributed by atoms with Crippen LogP contribution in [0.4, 0.5) is 0 Å². The molecule has 0 bridgehead atoms. The van der Waals surface area contributed by atoms with Crippen LogP contribution in [0.25, 0.3) is 11.0 Å². The Morgan fingerprint density at radius 3 is 2.57 bits per heavy atom. The van der Waals surface area contributed by atoms with Gasteiger partial charge in [-0.15, -0.1) is 5.10 Å². The molecule has 6 heteroatoms. The molecule has 0 radical (unpaired) electrons. The van der Waals surface area contributed by atoms with Crippen LogP contribution in [0, 0.1) is 0 Å². The van der Waals surface area contributed by atoms with Gasteiger partial charge in [0.25, 0.3) is 0 Å². The molecule has 2 aromatic carbocycles. The summed E-state index contributed by atoms with van der Waals surface area (Å²) in [6, 6.07) is 16.1. The van der Waals surface area contributed by atoms with E-state index in [9.17, 15) is 4.79 Å². The van der Waals surface area contributed by atoms with Gasteiger partial charge in [0.2, 0.25) is 5.78 Å². The van der Waals surface area contributed by atoms with Crippen molar-refractivity contribution in [3.05, 3.63) is 60.2 Å². The fraction of sp³-hybridized carbons (Fsp3) is 0.0667. The van der Waals surface area contributed by atoms with Crippen molar-refractivity contribution in [1.29, 1.82) is 0 Å². The first-order valence-corrected chi connectivity index (χ1v) is 6.38. The Labute approximate surface area is 120 Å². The summed E-state index contributed by atoms with van der Waals surface area (Å²) in [7, 11) is 0. The number of oxime groups is 1. The van der Waals surface area contributed by atoms with Gasteiger partial charge >= 0.3 is 0 Å². The Balaban J connectivity index is 1.90. The lowest BCUT2D eigenvalue weighted by atomic mass is 10.1. The first-order chi connectivity index (χ1) is 10.3. The van der Waals surface area contributed by atoms with Gasteiger partial charge in [-0.05, 0) is 12.1 Å². The highest BCUT2D eigenvalue weighted by Gasteiger charge is 2.17. The van der Waals surface area contributed by atoms with Crippen LogP contribution in [0.5, 0.6) is 0 Å². The Morgan fingerprint density at radius 1 is 1.10 bits per heavy atom. The number of rotatable bonds is 4. The number of aromatic nitrogens is 3. The maximum atomic E-state index is 12.3. The van der Waals surface area contributed by atoms with Crippen LogP contribution in [0.15, 0.2) is 59.8 Å². The van der Waals surface area contributed by atoms with Crippen LogP contribution < -0.4 is 0 Å². The monoisotopic (exact) mass is 280 g/mol. The van der Waals surface area contributed by atoms with E-state index in [0.29, 0.717) is 5.56 Å². The summed E-state index contributed by atoms with van der Waals surface area (Å²) in [5.74, 6) is -0.335. The van der Waals surface area contributed by atoms with E-state index in [2.05, 4.69) is 15.5 Å². The molecule has 0 amide bonds. The molecule has 0 saturated heterocycles. The number of carbonyl (C=O) groups is 1. The van der Waals surface area contributed by atoms with Gasteiger partial charge in [-0.1, -0.05) is 52.8 Å². The molecular weight excluding hydrogens is 268 g/mol. The summed E-state index contributed by atoms with van der Waals surface area (Å²) in [5.41, 5.74) is 1.98. The topological polar surface area (TPSA) is 80.4 Å². The van der Waals surface area contributed by atoms with Crippen LogP contribution >= 0.6 is 0 Å². The SMILES string of the molecule is O=C(C(Cn1nnc2ccccc21)=NO)c1ccccc1. The average Bonchev–Trinajstić information content (AvgIpc) is 2.96. The number of hydrogen-bond donors (Lipinski definition) is 1. The molecule has 1 N–H and O–H groups in total. The Kier molecular flexibility index (Phi) is 3.42. The smallest absolute Gasteiger partial charge is 0.212 e. The summed E-state index contributed by atoms with van der Waals surface area (Å²) < 4.78 is 1.53. The van der Waals surface area contributed by atoms with Gasteiger partial charge in [-0.3, -0.25) is 4.79 Å². The van der Waals surface area contributed by atoms with Gasteiger partial charge in [-0.25, -0.2) is 4.68 Å². The van der Waals surface area contributed by atoms with E-state index in [1.807, 2.05) is 30.3 Å². The third-order valence-corrected chi connectivity index (χ3v) is 3.14. The normalized spacial score (nSPS) is 11.7. The zero-order chi connectivity index (χ0) is 14.7. The molecule has 0 fully saturated rings. The van der Waals surface area contributed by atoms with Crippen molar-refractivity contribution in [2.75, 3.05) is 0 Å². The molecule has 0 atom stereocenters. The molecule has 0 spiro atoms. The first kappa shape index (κ1) is 13.0. The molecule has 3 rings (SSSR count). The Bertz CT molecular complexity index is 809. The maximum Gasteiger partial charge on any atom is 0.212 e. The minimum absolute atomic E-state index is 0.0110. The largest absolute Gasteiger partial charge is 0.410 e. The lowest BCUT2D eigenvalue weighted by Gasteiger charge is -2.04. The second-order valence-corrected chi connectivity index (χ2v) is 4.48. The van der Waals surface area contributed by atoms with Crippen molar-refractivity contribution in [3.63, 3.8) is 0 Å². The molecule has 1 heterocycles. The maximum absolute atomic E-state index is 12.3. The minimum atomic E-state index is -0.335. The molecule has 0 aliphatic carbocycles. The zero-order valence-corrected chi connectivity index (χ0v) is 11.0. The van der Waals surface area contributed by atoms with Crippen LogP contribution in [-0.2, 0) is 6.54 Å². The number of carbonyl (C=O) groups excluding carboxylic acids is 1. The Morgan fingerprint density at radius 2 is 1.81 bits per heavy atom. The van der Waals surface area contributed by atoms with Gasteiger partial charge in [0.1, 0.15) is 11.2 Å². The van der Waals surface area contributed by atoms with Crippen molar-refractivity contribution >= 4 is 22.5 Å². The predicted molar refractivity (Wildman–Crippen MR) is 77.5 cm³/mol. The van der Waals surface area contributed by atoms with Gasteiger partial charge < -0.3 is 5.21 Å². The lowest BCUT2D eigenvalue weighted by Crippen LogP contribution is -2.21. The van der Waals surface area contributed by atoms with Crippen molar-refractivity contribution in [2.45, 2.75) is 6.54 Å². The minimum Gasteiger partial charge on any atom is -0.410 e. The van der Waals surface area contributed by atoms with Gasteiger partial charge in [0, 0.05) is 5.56 Å². The van der Waals surface area contributed by atoms with E-state index >= 15 is 0 Å². The molecule has 0 unspecified atom stereocenters. The molecule has 1 aromatic heterocycles. The summed E-state index contributed by atoms with van der Waals surface area (Å²) >= 11 is 0. The second kappa shape index (κ2) is 5.54. The number of Topliss-reactive ketones (excluding diaryl/α,β-unsaturated/α-hetero) is 1. The summed E-state index contributed by atoms with van der Waals surface area (Å²) in [6.45, 7) is 0.0603. The third kappa shape index (κ3) is 2.51. The third-order valence-electron chi connectivity index (χ3n) is 3.14. The number of para-hydroxylation sites is 1. The summed E-state index contributed by atoms with van der Waals surface area (Å²) in [5, 5.41) is 20.2. The lowest BCUT2D eigenvalue weighted by molar-refractivity contribution is 0.105. The van der Waals surface area contributed by atoms with E-state index in [4.69, 9.17) is 5.21 Å². The van der Waals surface area contributed by atoms with Gasteiger partial charge in [0.05, 0.1) is 12.1 Å². The van der Waals surface area contributed by atoms with Gasteiger partial charge in [-0.2, -0.15) is 0 Å². The van der Waals surface area contributed by atoms with Crippen molar-refractivity contribution in [2.24, 2.45) is 5.16 Å². The van der Waals surface area contributed by atoms with E-state index in [1.54, 1.807) is 24.3 Å². The van der Waals surface area contributed by atoms with E-state index in [0.717, 1.165) is 11.0 Å². The first-order valence-electron chi connectivity index (χ1n) is 6.38. The van der Waals surface area contributed by atoms with Crippen LogP contribution in [0.1, 0.15) is 10.4 Å². The van der Waals surface area contributed by atoms with Crippen LogP contribution in [0.2, 0.25) is 0 Å². The zero-order valence-electron chi connectivity index (χ0n) is 11.0. The van der Waals surface area contributed by atoms with Crippen molar-refractivity contribution in [1.82, 2.24) is 15.0 Å². The van der Waals surface area contributed by atoms with Gasteiger partial charge in [0.15, 0.2) is 0 Å².